The fraction of sp³-hybridized carbons (Fsp3) is 0.316. The lowest BCUT2D eigenvalue weighted by molar-refractivity contribution is -0.139. The molecule has 1 amide bonds. The molecule has 1 unspecified atom stereocenters. The Morgan fingerprint density at radius 1 is 1.19 bits per heavy atom. The summed E-state index contributed by atoms with van der Waals surface area (Å²) in [7, 11) is 1.51. The Morgan fingerprint density at radius 3 is 2.44 bits per heavy atom. The van der Waals surface area contributed by atoms with Crippen LogP contribution in [0, 0.1) is 0 Å². The van der Waals surface area contributed by atoms with Crippen molar-refractivity contribution < 1.29 is 27.8 Å². The van der Waals surface area contributed by atoms with Crippen LogP contribution in [0.25, 0.3) is 0 Å². The van der Waals surface area contributed by atoms with Crippen LogP contribution in [0.1, 0.15) is 11.1 Å². The lowest BCUT2D eigenvalue weighted by atomic mass is 10.1. The Balaban J connectivity index is 1.87. The number of para-hydroxylation sites is 1. The molecule has 146 valence electrons. The van der Waals surface area contributed by atoms with Crippen molar-refractivity contribution in [2.24, 2.45) is 0 Å². The molecule has 0 saturated heterocycles. The Kier molecular flexibility index (Phi) is 6.68. The van der Waals surface area contributed by atoms with Crippen LogP contribution in [0.2, 0.25) is 0 Å². The van der Waals surface area contributed by atoms with Crippen LogP contribution in [0.3, 0.4) is 0 Å². The van der Waals surface area contributed by atoms with Gasteiger partial charge in [0.25, 0.3) is 0 Å². The Hall–Kier alpha value is -2.74. The number of rotatable bonds is 7. The number of hydrogen-bond donors (Lipinski definition) is 2. The van der Waals surface area contributed by atoms with Crippen molar-refractivity contribution in [3.63, 3.8) is 0 Å². The highest BCUT2D eigenvalue weighted by Crippen LogP contribution is 2.35. The minimum atomic E-state index is -4.55. The number of nitrogens with two attached hydrogens (primary N) is 1. The summed E-state index contributed by atoms with van der Waals surface area (Å²) in [4.78, 5) is 13.5. The van der Waals surface area contributed by atoms with Crippen LogP contribution in [0.15, 0.2) is 48.5 Å². The van der Waals surface area contributed by atoms with E-state index in [1.165, 1.54) is 30.1 Å². The number of halogens is 3. The van der Waals surface area contributed by atoms with E-state index in [1.54, 1.807) is 24.3 Å². The van der Waals surface area contributed by atoms with E-state index in [-0.39, 0.29) is 31.2 Å². The summed E-state index contributed by atoms with van der Waals surface area (Å²) in [5.41, 5.74) is 6.04. The van der Waals surface area contributed by atoms with Gasteiger partial charge >= 0.3 is 6.18 Å². The largest absolute Gasteiger partial charge is 0.490 e. The van der Waals surface area contributed by atoms with E-state index in [9.17, 15) is 23.1 Å². The molecule has 2 aromatic carbocycles. The first-order valence-electron chi connectivity index (χ1n) is 8.22. The quantitative estimate of drug-likeness (QED) is 0.722. The molecule has 0 aromatic heterocycles. The molecule has 2 rings (SSSR count). The molecule has 0 aliphatic heterocycles. The molecule has 0 saturated carbocycles. The number of carbonyl (C=O) groups is 1. The highest BCUT2D eigenvalue weighted by Gasteiger charge is 2.34. The lowest BCUT2D eigenvalue weighted by Gasteiger charge is -2.22. The molecule has 0 radical (unpaired) electrons. The monoisotopic (exact) mass is 382 g/mol. The minimum absolute atomic E-state index is 0.0675. The van der Waals surface area contributed by atoms with Crippen LogP contribution >= 0.6 is 0 Å². The summed E-state index contributed by atoms with van der Waals surface area (Å²) in [5, 5.41) is 10.0. The maximum absolute atomic E-state index is 12.9. The van der Waals surface area contributed by atoms with Crippen LogP contribution in [-0.4, -0.2) is 42.2 Å². The second-order valence-electron chi connectivity index (χ2n) is 6.15. The van der Waals surface area contributed by atoms with Gasteiger partial charge < -0.3 is 20.5 Å². The molecular formula is C19H21F3N2O3. The molecule has 8 heteroatoms. The van der Waals surface area contributed by atoms with Crippen LogP contribution < -0.4 is 10.5 Å². The van der Waals surface area contributed by atoms with E-state index in [0.29, 0.717) is 5.69 Å². The molecule has 0 aliphatic carbocycles. The zero-order valence-electron chi connectivity index (χ0n) is 14.7. The van der Waals surface area contributed by atoms with Crippen LogP contribution in [0.5, 0.6) is 5.75 Å². The minimum Gasteiger partial charge on any atom is -0.490 e. The molecule has 0 aliphatic rings. The third kappa shape index (κ3) is 6.18. The molecule has 1 atom stereocenters. The average Bonchev–Trinajstić information content (AvgIpc) is 2.61. The number of alkyl halides is 3. The van der Waals surface area contributed by atoms with Gasteiger partial charge in [0.1, 0.15) is 18.5 Å². The lowest BCUT2D eigenvalue weighted by Crippen LogP contribution is -2.37. The van der Waals surface area contributed by atoms with E-state index < -0.39 is 17.8 Å². The van der Waals surface area contributed by atoms with Gasteiger partial charge in [0.05, 0.1) is 12.0 Å². The fourth-order valence-corrected chi connectivity index (χ4v) is 2.43. The van der Waals surface area contributed by atoms with E-state index >= 15 is 0 Å². The average molecular weight is 382 g/mol. The standard InChI is InChI=1S/C19H21F3N2O3/c1-24(18(26)10-13-6-8-14(23)9-7-13)11-15(25)12-27-17-5-3-2-4-16(17)19(20,21)22/h2-9,15,25H,10-12,23H2,1H3. The van der Waals surface area contributed by atoms with Gasteiger partial charge in [0, 0.05) is 19.3 Å². The van der Waals surface area contributed by atoms with Crippen molar-refractivity contribution in [2.45, 2.75) is 18.7 Å². The number of anilines is 1. The number of aliphatic hydroxyl groups excluding tert-OH is 1. The van der Waals surface area contributed by atoms with Gasteiger partial charge in [-0.1, -0.05) is 24.3 Å². The van der Waals surface area contributed by atoms with Crippen molar-refractivity contribution in [3.05, 3.63) is 59.7 Å². The molecular weight excluding hydrogens is 361 g/mol. The Labute approximate surface area is 155 Å². The number of nitrogens with zero attached hydrogens (tertiary/aromatic N) is 1. The van der Waals surface area contributed by atoms with Crippen LogP contribution in [0.4, 0.5) is 18.9 Å². The maximum atomic E-state index is 12.9. The topological polar surface area (TPSA) is 75.8 Å². The van der Waals surface area contributed by atoms with Gasteiger partial charge in [-0.3, -0.25) is 4.79 Å². The van der Waals surface area contributed by atoms with E-state index in [0.717, 1.165) is 11.6 Å². The molecule has 0 fully saturated rings. The summed E-state index contributed by atoms with van der Waals surface area (Å²) in [6.45, 7) is -0.436. The number of ether oxygens (including phenoxy) is 1. The molecule has 0 heterocycles. The summed E-state index contributed by atoms with van der Waals surface area (Å²) in [6, 6.07) is 11.6. The van der Waals surface area contributed by atoms with Gasteiger partial charge in [0.15, 0.2) is 0 Å². The summed E-state index contributed by atoms with van der Waals surface area (Å²) in [6.07, 6.45) is -5.55. The maximum Gasteiger partial charge on any atom is 0.419 e. The van der Waals surface area contributed by atoms with Gasteiger partial charge in [-0.15, -0.1) is 0 Å². The van der Waals surface area contributed by atoms with Crippen molar-refractivity contribution in [3.8, 4) is 5.75 Å². The van der Waals surface area contributed by atoms with Gasteiger partial charge in [0.2, 0.25) is 5.91 Å². The first-order valence-corrected chi connectivity index (χ1v) is 8.22. The summed E-state index contributed by atoms with van der Waals surface area (Å²) >= 11 is 0. The number of aliphatic hydroxyl groups is 1. The van der Waals surface area contributed by atoms with Gasteiger partial charge in [-0.25, -0.2) is 0 Å². The predicted molar refractivity (Wildman–Crippen MR) is 95.1 cm³/mol. The zero-order chi connectivity index (χ0) is 20.0. The zero-order valence-corrected chi connectivity index (χ0v) is 14.7. The number of benzene rings is 2. The van der Waals surface area contributed by atoms with E-state index in [2.05, 4.69) is 0 Å². The Bertz CT molecular complexity index is 764. The SMILES string of the molecule is CN(CC(O)COc1ccccc1C(F)(F)F)C(=O)Cc1ccc(N)cc1. The first-order chi connectivity index (χ1) is 12.7. The molecule has 5 nitrogen and oxygen atoms in total. The molecule has 0 spiro atoms. The Morgan fingerprint density at radius 2 is 1.81 bits per heavy atom. The number of nitrogen functional groups attached to an aromatic ring is 1. The van der Waals surface area contributed by atoms with Gasteiger partial charge in [-0.05, 0) is 29.8 Å². The highest BCUT2D eigenvalue weighted by atomic mass is 19.4. The first kappa shape index (κ1) is 20.6. The molecule has 2 aromatic rings. The van der Waals surface area contributed by atoms with Crippen molar-refractivity contribution in [1.82, 2.24) is 4.90 Å². The second kappa shape index (κ2) is 8.77. The van der Waals surface area contributed by atoms with Gasteiger partial charge in [-0.2, -0.15) is 13.2 Å². The smallest absolute Gasteiger partial charge is 0.419 e. The third-order valence-corrected chi connectivity index (χ3v) is 3.87. The van der Waals surface area contributed by atoms with Crippen molar-refractivity contribution >= 4 is 11.6 Å². The van der Waals surface area contributed by atoms with Crippen molar-refractivity contribution in [1.29, 1.82) is 0 Å². The molecule has 0 bridgehead atoms. The van der Waals surface area contributed by atoms with Crippen LogP contribution in [-0.2, 0) is 17.4 Å². The molecule has 27 heavy (non-hydrogen) atoms. The predicted octanol–water partition coefficient (Wildman–Crippen LogP) is 2.73. The summed E-state index contributed by atoms with van der Waals surface area (Å²) < 4.78 is 43.9. The number of hydrogen-bond acceptors (Lipinski definition) is 4. The second-order valence-corrected chi connectivity index (χ2v) is 6.15. The highest BCUT2D eigenvalue weighted by molar-refractivity contribution is 5.78. The number of amides is 1. The number of carbonyl (C=O) groups excluding carboxylic acids is 1. The van der Waals surface area contributed by atoms with E-state index in [4.69, 9.17) is 10.5 Å². The third-order valence-electron chi connectivity index (χ3n) is 3.87. The number of likely N-dealkylation sites (N-methyl/N-ethyl adjacent to an activating group) is 1. The fourth-order valence-electron chi connectivity index (χ4n) is 2.43. The molecule has 3 N–H and O–H groups in total. The van der Waals surface area contributed by atoms with Crippen molar-refractivity contribution in [2.75, 3.05) is 25.9 Å². The normalized spacial score (nSPS) is 12.5. The summed E-state index contributed by atoms with van der Waals surface area (Å²) in [5.74, 6) is -0.602. The van der Waals surface area contributed by atoms with E-state index in [1.807, 2.05) is 0 Å².